The molecule has 1 heterocycles. The van der Waals surface area contributed by atoms with E-state index in [9.17, 15) is 24.8 Å². The van der Waals surface area contributed by atoms with Crippen molar-refractivity contribution in [3.8, 4) is 5.75 Å². The highest BCUT2D eigenvalue weighted by Crippen LogP contribution is 2.30. The van der Waals surface area contributed by atoms with Gasteiger partial charge in [0.25, 0.3) is 0 Å². The number of benzene rings is 1. The number of esters is 2. The average Bonchev–Trinajstić information content (AvgIpc) is 2.53. The molecule has 0 unspecified atom stereocenters. The number of hydrogen-bond donors (Lipinski definition) is 1. The van der Waals surface area contributed by atoms with Crippen molar-refractivity contribution in [3.05, 3.63) is 34.4 Å². The van der Waals surface area contributed by atoms with Gasteiger partial charge >= 0.3 is 17.6 Å². The van der Waals surface area contributed by atoms with Gasteiger partial charge in [-0.1, -0.05) is 12.1 Å². The molecule has 1 N–H and O–H groups in total. The van der Waals surface area contributed by atoms with Crippen molar-refractivity contribution in [2.45, 2.75) is 38.4 Å². The monoisotopic (exact) mass is 355 g/mol. The lowest BCUT2D eigenvalue weighted by Crippen LogP contribution is -2.58. The van der Waals surface area contributed by atoms with E-state index in [4.69, 9.17) is 18.9 Å². The SMILES string of the molecule is CC(=O)O[C@@H]1[C@@H](Oc2ccccc2[N+](=O)[O-])OC[C@@H](O)[C@H]1OC(C)=O. The molecule has 1 aromatic carbocycles. The Hall–Kier alpha value is -2.72. The highest BCUT2D eigenvalue weighted by Gasteiger charge is 2.46. The molecule has 4 atom stereocenters. The first-order chi connectivity index (χ1) is 11.8. The van der Waals surface area contributed by atoms with E-state index in [0.717, 1.165) is 13.8 Å². The quantitative estimate of drug-likeness (QED) is 0.456. The Labute approximate surface area is 142 Å². The van der Waals surface area contributed by atoms with E-state index in [2.05, 4.69) is 0 Å². The molecule has 0 aromatic heterocycles. The minimum absolute atomic E-state index is 0.118. The number of carbonyl (C=O) groups excluding carboxylic acids is 2. The third kappa shape index (κ3) is 4.64. The van der Waals surface area contributed by atoms with Gasteiger partial charge in [-0.25, -0.2) is 0 Å². The molecule has 136 valence electrons. The second kappa shape index (κ2) is 7.90. The maximum atomic E-state index is 11.4. The van der Waals surface area contributed by atoms with Crippen molar-refractivity contribution in [1.82, 2.24) is 0 Å². The van der Waals surface area contributed by atoms with E-state index >= 15 is 0 Å². The molecule has 0 aliphatic carbocycles. The van der Waals surface area contributed by atoms with E-state index in [-0.39, 0.29) is 18.0 Å². The Kier molecular flexibility index (Phi) is 5.88. The normalized spacial score (nSPS) is 25.7. The molecule has 1 aliphatic heterocycles. The maximum absolute atomic E-state index is 11.4. The Balaban J connectivity index is 2.29. The van der Waals surface area contributed by atoms with Crippen molar-refractivity contribution < 1.29 is 38.6 Å². The van der Waals surface area contributed by atoms with Crippen molar-refractivity contribution >= 4 is 17.6 Å². The highest BCUT2D eigenvalue weighted by atomic mass is 16.7. The summed E-state index contributed by atoms with van der Waals surface area (Å²) in [5.74, 6) is -1.55. The summed E-state index contributed by atoms with van der Waals surface area (Å²) in [6.45, 7) is 1.97. The fraction of sp³-hybridized carbons (Fsp3) is 0.467. The Morgan fingerprint density at radius 1 is 1.20 bits per heavy atom. The van der Waals surface area contributed by atoms with Crippen LogP contribution in [-0.2, 0) is 23.8 Å². The lowest BCUT2D eigenvalue weighted by molar-refractivity contribution is -0.386. The molecule has 1 aliphatic rings. The van der Waals surface area contributed by atoms with Gasteiger partial charge in [0.05, 0.1) is 11.5 Å². The number of nitro benzene ring substituents is 1. The number of carbonyl (C=O) groups is 2. The summed E-state index contributed by atoms with van der Waals surface area (Å²) in [6, 6.07) is 5.56. The smallest absolute Gasteiger partial charge is 0.311 e. The van der Waals surface area contributed by atoms with E-state index < -0.39 is 41.5 Å². The molecular formula is C15H17NO9. The number of ether oxygens (including phenoxy) is 4. The van der Waals surface area contributed by atoms with Crippen molar-refractivity contribution in [2.75, 3.05) is 6.61 Å². The number of nitro groups is 1. The molecule has 0 amide bonds. The molecule has 10 nitrogen and oxygen atoms in total. The molecule has 2 rings (SSSR count). The third-order valence-corrected chi connectivity index (χ3v) is 3.31. The van der Waals surface area contributed by atoms with Gasteiger partial charge in [0.15, 0.2) is 11.9 Å². The van der Waals surface area contributed by atoms with Crippen LogP contribution in [0.3, 0.4) is 0 Å². The fourth-order valence-electron chi connectivity index (χ4n) is 2.34. The zero-order chi connectivity index (χ0) is 18.6. The Morgan fingerprint density at radius 3 is 2.40 bits per heavy atom. The van der Waals surface area contributed by atoms with Gasteiger partial charge in [-0.15, -0.1) is 0 Å². The number of rotatable bonds is 5. The second-order valence-electron chi connectivity index (χ2n) is 5.26. The minimum Gasteiger partial charge on any atom is -0.455 e. The molecule has 0 bridgehead atoms. The summed E-state index contributed by atoms with van der Waals surface area (Å²) in [6.07, 6.45) is -5.09. The van der Waals surface area contributed by atoms with Gasteiger partial charge < -0.3 is 24.1 Å². The van der Waals surface area contributed by atoms with Crippen LogP contribution in [0.1, 0.15) is 13.8 Å². The van der Waals surface area contributed by atoms with Crippen molar-refractivity contribution in [1.29, 1.82) is 0 Å². The van der Waals surface area contributed by atoms with Gasteiger partial charge in [-0.3, -0.25) is 19.7 Å². The van der Waals surface area contributed by atoms with Crippen LogP contribution in [0, 0.1) is 10.1 Å². The van der Waals surface area contributed by atoms with Gasteiger partial charge in [0.1, 0.15) is 6.10 Å². The Morgan fingerprint density at radius 2 is 1.80 bits per heavy atom. The maximum Gasteiger partial charge on any atom is 0.311 e. The molecule has 0 saturated carbocycles. The summed E-state index contributed by atoms with van der Waals surface area (Å²) < 4.78 is 20.8. The number of nitrogens with zero attached hydrogens (tertiary/aromatic N) is 1. The molecule has 10 heteroatoms. The molecule has 25 heavy (non-hydrogen) atoms. The molecule has 1 aromatic rings. The summed E-state index contributed by atoms with van der Waals surface area (Å²) in [5, 5.41) is 21.0. The molecule has 1 saturated heterocycles. The molecule has 0 spiro atoms. The predicted molar refractivity (Wildman–Crippen MR) is 80.6 cm³/mol. The van der Waals surface area contributed by atoms with Crippen LogP contribution in [0.25, 0.3) is 0 Å². The average molecular weight is 355 g/mol. The van der Waals surface area contributed by atoms with Gasteiger partial charge in [-0.2, -0.15) is 0 Å². The van der Waals surface area contributed by atoms with Gasteiger partial charge in [0.2, 0.25) is 12.4 Å². The van der Waals surface area contributed by atoms with Gasteiger partial charge in [0, 0.05) is 19.9 Å². The van der Waals surface area contributed by atoms with Crippen LogP contribution in [0.15, 0.2) is 24.3 Å². The number of aliphatic hydroxyl groups excluding tert-OH is 1. The molecule has 0 radical (unpaired) electrons. The zero-order valence-corrected chi connectivity index (χ0v) is 13.5. The minimum atomic E-state index is -1.31. The number of para-hydroxylation sites is 2. The second-order valence-corrected chi connectivity index (χ2v) is 5.26. The van der Waals surface area contributed by atoms with E-state index in [1.807, 2.05) is 0 Å². The first-order valence-electron chi connectivity index (χ1n) is 7.33. The van der Waals surface area contributed by atoms with Crippen LogP contribution < -0.4 is 4.74 Å². The summed E-state index contributed by atoms with van der Waals surface area (Å²) in [7, 11) is 0. The van der Waals surface area contributed by atoms with Crippen LogP contribution in [0.4, 0.5) is 5.69 Å². The van der Waals surface area contributed by atoms with Crippen LogP contribution in [0.2, 0.25) is 0 Å². The number of hydrogen-bond acceptors (Lipinski definition) is 9. The standard InChI is InChI=1S/C15H17NO9/c1-8(17)23-13-11(19)7-22-15(14(13)24-9(2)18)25-12-6-4-3-5-10(12)16(20)21/h3-6,11,13-15,19H,7H2,1-2H3/t11-,13-,14+,15-/m1/s1. The van der Waals surface area contributed by atoms with Crippen LogP contribution in [-0.4, -0.2) is 53.2 Å². The summed E-state index contributed by atoms with van der Waals surface area (Å²) >= 11 is 0. The molecule has 1 fully saturated rings. The largest absolute Gasteiger partial charge is 0.455 e. The molecular weight excluding hydrogens is 338 g/mol. The van der Waals surface area contributed by atoms with E-state index in [1.165, 1.54) is 24.3 Å². The van der Waals surface area contributed by atoms with E-state index in [1.54, 1.807) is 0 Å². The predicted octanol–water partition coefficient (Wildman–Crippen LogP) is 0.554. The summed E-state index contributed by atoms with van der Waals surface area (Å²) in [4.78, 5) is 33.0. The van der Waals surface area contributed by atoms with Crippen LogP contribution >= 0.6 is 0 Å². The highest BCUT2D eigenvalue weighted by molar-refractivity contribution is 5.67. The zero-order valence-electron chi connectivity index (χ0n) is 13.5. The topological polar surface area (TPSA) is 134 Å². The summed E-state index contributed by atoms with van der Waals surface area (Å²) in [5.41, 5.74) is -0.317. The van der Waals surface area contributed by atoms with E-state index in [0.29, 0.717) is 0 Å². The third-order valence-electron chi connectivity index (χ3n) is 3.31. The first-order valence-corrected chi connectivity index (χ1v) is 7.33. The van der Waals surface area contributed by atoms with Crippen molar-refractivity contribution in [2.24, 2.45) is 0 Å². The Bertz CT molecular complexity index is 662. The number of aliphatic hydroxyl groups is 1. The fourth-order valence-corrected chi connectivity index (χ4v) is 2.34. The van der Waals surface area contributed by atoms with Crippen LogP contribution in [0.5, 0.6) is 5.75 Å². The first kappa shape index (κ1) is 18.6. The van der Waals surface area contributed by atoms with Gasteiger partial charge in [-0.05, 0) is 6.07 Å². The lowest BCUT2D eigenvalue weighted by atomic mass is 10.0. The lowest BCUT2D eigenvalue weighted by Gasteiger charge is -2.38. The van der Waals surface area contributed by atoms with Crippen molar-refractivity contribution in [3.63, 3.8) is 0 Å².